The summed E-state index contributed by atoms with van der Waals surface area (Å²) in [7, 11) is 0. The van der Waals surface area contributed by atoms with Crippen molar-refractivity contribution in [2.45, 2.75) is 37.7 Å². The second kappa shape index (κ2) is 10.8. The van der Waals surface area contributed by atoms with Gasteiger partial charge in [-0.25, -0.2) is 4.39 Å². The SMILES string of the molecule is O=C(COc1ccc(Cl)c(F)c1)N[C@@H]1CC[C@H](C(=O)NCc2ccc(C(F)(F)F)cn2)OC1. The molecule has 33 heavy (non-hydrogen) atoms. The van der Waals surface area contributed by atoms with Gasteiger partial charge in [-0.05, 0) is 37.1 Å². The molecule has 0 unspecified atom stereocenters. The lowest BCUT2D eigenvalue weighted by Crippen LogP contribution is -2.48. The standard InChI is InChI=1S/C21H20ClF4N3O4/c22-16-5-4-15(7-17(16)23)32-11-19(30)29-14-3-6-18(33-10-14)20(31)28-9-13-2-1-12(8-27-13)21(24,25)26/h1-2,4-5,7-8,14,18H,3,6,9-11H2,(H,28,31)(H,29,30)/t14-,18-/m1/s1. The van der Waals surface area contributed by atoms with Crippen LogP contribution >= 0.6 is 11.6 Å². The van der Waals surface area contributed by atoms with Crippen LogP contribution in [0.2, 0.25) is 5.02 Å². The quantitative estimate of drug-likeness (QED) is 0.583. The molecule has 1 saturated heterocycles. The van der Waals surface area contributed by atoms with Crippen molar-refractivity contribution in [3.05, 3.63) is 58.6 Å². The van der Waals surface area contributed by atoms with Crippen LogP contribution in [0.5, 0.6) is 5.75 Å². The highest BCUT2D eigenvalue weighted by Gasteiger charge is 2.31. The van der Waals surface area contributed by atoms with Gasteiger partial charge in [0.15, 0.2) is 6.61 Å². The number of benzene rings is 1. The summed E-state index contributed by atoms with van der Waals surface area (Å²) in [5.74, 6) is -1.36. The molecule has 1 aromatic carbocycles. The fraction of sp³-hybridized carbons (Fsp3) is 0.381. The summed E-state index contributed by atoms with van der Waals surface area (Å²) in [6, 6.07) is 5.58. The van der Waals surface area contributed by atoms with Gasteiger partial charge in [0, 0.05) is 12.3 Å². The minimum Gasteiger partial charge on any atom is -0.484 e. The maximum absolute atomic E-state index is 13.4. The molecule has 2 atom stereocenters. The first-order valence-corrected chi connectivity index (χ1v) is 10.3. The van der Waals surface area contributed by atoms with Gasteiger partial charge < -0.3 is 20.1 Å². The third kappa shape index (κ3) is 7.29. The van der Waals surface area contributed by atoms with Crippen LogP contribution in [0.4, 0.5) is 17.6 Å². The van der Waals surface area contributed by atoms with Crippen molar-refractivity contribution >= 4 is 23.4 Å². The van der Waals surface area contributed by atoms with Crippen molar-refractivity contribution in [3.63, 3.8) is 0 Å². The van der Waals surface area contributed by atoms with E-state index in [-0.39, 0.29) is 42.3 Å². The molecule has 1 fully saturated rings. The lowest BCUT2D eigenvalue weighted by molar-refractivity contribution is -0.138. The first kappa shape index (κ1) is 24.7. The number of nitrogens with zero attached hydrogens (tertiary/aromatic N) is 1. The normalized spacial score (nSPS) is 18.5. The summed E-state index contributed by atoms with van der Waals surface area (Å²) in [5.41, 5.74) is -0.593. The molecule has 0 bridgehead atoms. The van der Waals surface area contributed by atoms with Gasteiger partial charge in [0.1, 0.15) is 17.7 Å². The number of alkyl halides is 3. The maximum Gasteiger partial charge on any atom is 0.417 e. The molecule has 0 aliphatic carbocycles. The van der Waals surface area contributed by atoms with Gasteiger partial charge in [0.25, 0.3) is 5.91 Å². The molecule has 0 radical (unpaired) electrons. The monoisotopic (exact) mass is 489 g/mol. The number of halogens is 5. The molecule has 1 aliphatic heterocycles. The van der Waals surface area contributed by atoms with E-state index in [1.54, 1.807) is 0 Å². The van der Waals surface area contributed by atoms with E-state index in [4.69, 9.17) is 21.1 Å². The fourth-order valence-electron chi connectivity index (χ4n) is 3.05. The van der Waals surface area contributed by atoms with Gasteiger partial charge in [0.2, 0.25) is 5.91 Å². The second-order valence-corrected chi connectivity index (χ2v) is 7.69. The van der Waals surface area contributed by atoms with Crippen molar-refractivity contribution in [2.75, 3.05) is 13.2 Å². The molecular formula is C21H20ClF4N3O4. The van der Waals surface area contributed by atoms with Crippen molar-refractivity contribution in [1.29, 1.82) is 0 Å². The summed E-state index contributed by atoms with van der Waals surface area (Å²) in [6.07, 6.45) is -3.71. The highest BCUT2D eigenvalue weighted by molar-refractivity contribution is 6.30. The van der Waals surface area contributed by atoms with E-state index in [1.165, 1.54) is 18.2 Å². The van der Waals surface area contributed by atoms with Crippen molar-refractivity contribution < 1.29 is 36.6 Å². The Kier molecular flexibility index (Phi) is 8.09. The Morgan fingerprint density at radius 1 is 1.21 bits per heavy atom. The molecule has 12 heteroatoms. The largest absolute Gasteiger partial charge is 0.484 e. The van der Waals surface area contributed by atoms with Crippen LogP contribution in [0.1, 0.15) is 24.1 Å². The Morgan fingerprint density at radius 3 is 2.61 bits per heavy atom. The minimum absolute atomic E-state index is 0.0420. The number of pyridine rings is 1. The molecule has 0 spiro atoms. The minimum atomic E-state index is -4.48. The van der Waals surface area contributed by atoms with Gasteiger partial charge in [-0.3, -0.25) is 14.6 Å². The van der Waals surface area contributed by atoms with Gasteiger partial charge in [-0.1, -0.05) is 11.6 Å². The number of amides is 2. The van der Waals surface area contributed by atoms with Crippen molar-refractivity contribution in [2.24, 2.45) is 0 Å². The van der Waals surface area contributed by atoms with E-state index < -0.39 is 35.5 Å². The van der Waals surface area contributed by atoms with Gasteiger partial charge in [-0.15, -0.1) is 0 Å². The van der Waals surface area contributed by atoms with Crippen LogP contribution < -0.4 is 15.4 Å². The van der Waals surface area contributed by atoms with Crippen LogP contribution in [0.25, 0.3) is 0 Å². The molecule has 0 saturated carbocycles. The average Bonchev–Trinajstić information content (AvgIpc) is 2.78. The molecule has 2 N–H and O–H groups in total. The molecule has 2 amide bonds. The molecule has 1 aromatic heterocycles. The average molecular weight is 490 g/mol. The van der Waals surface area contributed by atoms with E-state index in [0.717, 1.165) is 12.1 Å². The van der Waals surface area contributed by atoms with E-state index in [2.05, 4.69) is 15.6 Å². The zero-order valence-electron chi connectivity index (χ0n) is 17.1. The van der Waals surface area contributed by atoms with E-state index in [0.29, 0.717) is 19.0 Å². The van der Waals surface area contributed by atoms with Crippen molar-refractivity contribution in [1.82, 2.24) is 15.6 Å². The second-order valence-electron chi connectivity index (χ2n) is 7.28. The van der Waals surface area contributed by atoms with Crippen molar-refractivity contribution in [3.8, 4) is 5.75 Å². The number of carbonyl (C=O) groups excluding carboxylic acids is 2. The molecule has 3 rings (SSSR count). The van der Waals surface area contributed by atoms with Crippen LogP contribution in [-0.4, -0.2) is 42.2 Å². The Labute approximate surface area is 191 Å². The van der Waals surface area contributed by atoms with Crippen LogP contribution in [-0.2, 0) is 27.0 Å². The van der Waals surface area contributed by atoms with E-state index in [1.807, 2.05) is 0 Å². The number of hydrogen-bond donors (Lipinski definition) is 2. The summed E-state index contributed by atoms with van der Waals surface area (Å²) >= 11 is 5.59. The Hall–Kier alpha value is -2.92. The summed E-state index contributed by atoms with van der Waals surface area (Å²) in [4.78, 5) is 28.0. The molecule has 178 valence electrons. The number of ether oxygens (including phenoxy) is 2. The zero-order valence-corrected chi connectivity index (χ0v) is 17.9. The zero-order chi connectivity index (χ0) is 24.0. The smallest absolute Gasteiger partial charge is 0.417 e. The summed E-state index contributed by atoms with van der Waals surface area (Å²) < 4.78 is 61.8. The summed E-state index contributed by atoms with van der Waals surface area (Å²) in [6.45, 7) is -0.279. The molecule has 2 heterocycles. The van der Waals surface area contributed by atoms with Crippen LogP contribution in [0, 0.1) is 5.82 Å². The number of carbonyl (C=O) groups is 2. The van der Waals surface area contributed by atoms with Gasteiger partial charge in [0.05, 0.1) is 35.5 Å². The maximum atomic E-state index is 13.4. The molecule has 7 nitrogen and oxygen atoms in total. The van der Waals surface area contributed by atoms with Crippen LogP contribution in [0.15, 0.2) is 36.5 Å². The third-order valence-electron chi connectivity index (χ3n) is 4.79. The Bertz CT molecular complexity index is 980. The third-order valence-corrected chi connectivity index (χ3v) is 5.10. The number of rotatable bonds is 7. The predicted octanol–water partition coefficient (Wildman–Crippen LogP) is 3.25. The van der Waals surface area contributed by atoms with Gasteiger partial charge in [-0.2, -0.15) is 13.2 Å². The van der Waals surface area contributed by atoms with Gasteiger partial charge >= 0.3 is 6.18 Å². The van der Waals surface area contributed by atoms with Crippen LogP contribution in [0.3, 0.4) is 0 Å². The summed E-state index contributed by atoms with van der Waals surface area (Å²) in [5, 5.41) is 5.23. The first-order valence-electron chi connectivity index (χ1n) is 9.90. The highest BCUT2D eigenvalue weighted by atomic mass is 35.5. The lowest BCUT2D eigenvalue weighted by atomic mass is 10.0. The highest BCUT2D eigenvalue weighted by Crippen LogP contribution is 2.28. The number of aromatic nitrogens is 1. The van der Waals surface area contributed by atoms with E-state index >= 15 is 0 Å². The lowest BCUT2D eigenvalue weighted by Gasteiger charge is -2.28. The predicted molar refractivity (Wildman–Crippen MR) is 109 cm³/mol. The first-order chi connectivity index (χ1) is 15.6. The number of nitrogens with one attached hydrogen (secondary N) is 2. The Balaban J connectivity index is 1.36. The molecule has 1 aliphatic rings. The Morgan fingerprint density at radius 2 is 2.00 bits per heavy atom. The molecular weight excluding hydrogens is 470 g/mol. The topological polar surface area (TPSA) is 89.5 Å². The molecule has 2 aromatic rings. The fourth-order valence-corrected chi connectivity index (χ4v) is 3.16. The number of hydrogen-bond acceptors (Lipinski definition) is 5. The van der Waals surface area contributed by atoms with E-state index in [9.17, 15) is 27.2 Å².